The van der Waals surface area contributed by atoms with Crippen LogP contribution in [0.25, 0.3) is 0 Å². The Balaban J connectivity index is 1.32. The molecule has 3 N–H and O–H groups in total. The van der Waals surface area contributed by atoms with Crippen molar-refractivity contribution in [3.8, 4) is 17.2 Å². The van der Waals surface area contributed by atoms with E-state index in [1.807, 2.05) is 57.3 Å². The molecule has 1 amide bonds. The molecule has 0 bridgehead atoms. The summed E-state index contributed by atoms with van der Waals surface area (Å²) in [7, 11) is -4.06. The maximum Gasteiger partial charge on any atom is 0.407 e. The molecule has 2 saturated heterocycles. The van der Waals surface area contributed by atoms with E-state index >= 15 is 0 Å². The van der Waals surface area contributed by atoms with Gasteiger partial charge in [0.15, 0.2) is 17.8 Å². The first-order valence-corrected chi connectivity index (χ1v) is 18.1. The fraction of sp³-hybridized carbons (Fsp3) is 0.515. The molecule has 2 fully saturated rings. The summed E-state index contributed by atoms with van der Waals surface area (Å²) < 4.78 is 51.8. The number of aromatic hydroxyl groups is 2. The van der Waals surface area contributed by atoms with Gasteiger partial charge in [0, 0.05) is 30.6 Å². The van der Waals surface area contributed by atoms with Gasteiger partial charge in [-0.3, -0.25) is 0 Å². The van der Waals surface area contributed by atoms with Crippen LogP contribution in [0.15, 0.2) is 52.7 Å². The highest BCUT2D eigenvalue weighted by Gasteiger charge is 2.44. The van der Waals surface area contributed by atoms with Crippen LogP contribution in [0.4, 0.5) is 4.79 Å². The molecule has 0 spiro atoms. The third-order valence-electron chi connectivity index (χ3n) is 8.31. The van der Waals surface area contributed by atoms with Gasteiger partial charge in [0.05, 0.1) is 34.7 Å². The number of aromatic nitrogens is 1. The van der Waals surface area contributed by atoms with Crippen LogP contribution in [0.1, 0.15) is 43.5 Å². The van der Waals surface area contributed by atoms with E-state index in [4.69, 9.17) is 18.9 Å². The Hall–Kier alpha value is -3.43. The lowest BCUT2D eigenvalue weighted by Gasteiger charge is -2.32. The number of fused-ring (bicyclic) bond motifs is 1. The van der Waals surface area contributed by atoms with Crippen molar-refractivity contribution in [2.24, 2.45) is 17.8 Å². The molecule has 256 valence electrons. The lowest BCUT2D eigenvalue weighted by molar-refractivity contribution is -0.0907. The monoisotopic (exact) mass is 689 g/mol. The molecule has 12 nitrogen and oxygen atoms in total. The van der Waals surface area contributed by atoms with E-state index in [0.29, 0.717) is 25.4 Å². The zero-order chi connectivity index (χ0) is 33.7. The van der Waals surface area contributed by atoms with Gasteiger partial charge in [-0.2, -0.15) is 4.31 Å². The molecule has 2 aliphatic rings. The molecule has 2 aromatic carbocycles. The van der Waals surface area contributed by atoms with Crippen LogP contribution >= 0.6 is 11.3 Å². The van der Waals surface area contributed by atoms with Gasteiger partial charge >= 0.3 is 6.09 Å². The van der Waals surface area contributed by atoms with Crippen molar-refractivity contribution in [2.45, 2.75) is 70.5 Å². The molecule has 14 heteroatoms. The van der Waals surface area contributed by atoms with Crippen molar-refractivity contribution in [1.82, 2.24) is 14.6 Å². The summed E-state index contributed by atoms with van der Waals surface area (Å²) in [5, 5.41) is 25.7. The number of sulfonamides is 1. The normalized spacial score (nSPS) is 20.7. The van der Waals surface area contributed by atoms with Crippen LogP contribution in [0.2, 0.25) is 0 Å². The number of hydrogen-bond donors (Lipinski definition) is 3. The van der Waals surface area contributed by atoms with E-state index < -0.39 is 39.8 Å². The van der Waals surface area contributed by atoms with Crippen LogP contribution in [0.3, 0.4) is 0 Å². The number of rotatable bonds is 14. The minimum atomic E-state index is -4.06. The van der Waals surface area contributed by atoms with Crippen LogP contribution < -0.4 is 10.1 Å². The average Bonchev–Trinajstić information content (AvgIpc) is 3.76. The topological polar surface area (TPSA) is 157 Å². The second kappa shape index (κ2) is 15.2. The predicted molar refractivity (Wildman–Crippen MR) is 175 cm³/mol. The number of alkyl carbamates (subject to hydrolysis) is 1. The molecule has 0 saturated carbocycles. The van der Waals surface area contributed by atoms with Gasteiger partial charge in [-0.15, -0.1) is 11.3 Å². The number of phenolic OH excluding ortho intramolecular Hbond substituents is 2. The van der Waals surface area contributed by atoms with Crippen molar-refractivity contribution < 1.29 is 42.4 Å². The standard InChI is InChI=1S/C33H43N3O9S2/c1-20(2)15-36(47(40,41)26-9-10-29(37)30(38)14-26)16-21(3)28(35-33(39)45-31-18-44-32-27(31)11-12-42-32)13-23-5-7-25(8-6-23)43-17-24-19-46-22(4)34-24/h5-10,14,19-21,27-28,31-32,37-38H,11-13,15-18H2,1-4H3,(H,35,39)/t21?,27-,28-,31-,32+/m0/s1. The summed E-state index contributed by atoms with van der Waals surface area (Å²) in [5.41, 5.74) is 1.77. The number of nitrogens with zero attached hydrogens (tertiary/aromatic N) is 2. The summed E-state index contributed by atoms with van der Waals surface area (Å²) in [6.45, 7) is 9.10. The number of phenols is 2. The summed E-state index contributed by atoms with van der Waals surface area (Å²) in [5.74, 6) is -0.654. The van der Waals surface area contributed by atoms with Gasteiger partial charge in [-0.25, -0.2) is 18.2 Å². The van der Waals surface area contributed by atoms with Gasteiger partial charge in [0.25, 0.3) is 0 Å². The number of thiazole rings is 1. The van der Waals surface area contributed by atoms with Crippen LogP contribution in [0, 0.1) is 24.7 Å². The Morgan fingerprint density at radius 1 is 1.11 bits per heavy atom. The Morgan fingerprint density at radius 3 is 2.55 bits per heavy atom. The average molecular weight is 690 g/mol. The first kappa shape index (κ1) is 34.9. The van der Waals surface area contributed by atoms with Crippen molar-refractivity contribution >= 4 is 27.5 Å². The molecule has 3 heterocycles. The molecule has 3 aromatic rings. The molecule has 1 unspecified atom stereocenters. The van der Waals surface area contributed by atoms with Crippen LogP contribution in [-0.2, 0) is 37.3 Å². The summed E-state index contributed by atoms with van der Waals surface area (Å²) in [6.07, 6.45) is -0.266. The highest BCUT2D eigenvalue weighted by atomic mass is 32.2. The zero-order valence-electron chi connectivity index (χ0n) is 27.0. The highest BCUT2D eigenvalue weighted by Crippen LogP contribution is 2.33. The predicted octanol–water partition coefficient (Wildman–Crippen LogP) is 4.82. The van der Waals surface area contributed by atoms with E-state index in [0.717, 1.165) is 34.8 Å². The first-order chi connectivity index (χ1) is 22.4. The van der Waals surface area contributed by atoms with Crippen molar-refractivity contribution in [2.75, 3.05) is 26.3 Å². The third-order valence-corrected chi connectivity index (χ3v) is 11.0. The molecule has 47 heavy (non-hydrogen) atoms. The smallest absolute Gasteiger partial charge is 0.407 e. The maximum absolute atomic E-state index is 13.8. The molecule has 5 atom stereocenters. The Labute approximate surface area is 279 Å². The second-order valence-electron chi connectivity index (χ2n) is 12.6. The van der Waals surface area contributed by atoms with E-state index in [9.17, 15) is 23.4 Å². The first-order valence-electron chi connectivity index (χ1n) is 15.7. The molecule has 0 radical (unpaired) electrons. The molecule has 0 aliphatic carbocycles. The maximum atomic E-state index is 13.8. The number of amides is 1. The zero-order valence-corrected chi connectivity index (χ0v) is 28.6. The fourth-order valence-electron chi connectivity index (χ4n) is 5.81. The quantitative estimate of drug-likeness (QED) is 0.201. The number of benzene rings is 2. The van der Waals surface area contributed by atoms with Crippen molar-refractivity contribution in [3.63, 3.8) is 0 Å². The largest absolute Gasteiger partial charge is 0.504 e. The van der Waals surface area contributed by atoms with E-state index in [-0.39, 0.29) is 48.6 Å². The lowest BCUT2D eigenvalue weighted by atomic mass is 9.94. The minimum Gasteiger partial charge on any atom is -0.504 e. The Bertz CT molecular complexity index is 1610. The lowest BCUT2D eigenvalue weighted by Crippen LogP contribution is -2.48. The molecular weight excluding hydrogens is 647 g/mol. The number of carbonyl (C=O) groups is 1. The number of aryl methyl sites for hydroxylation is 1. The van der Waals surface area contributed by atoms with Gasteiger partial charge in [0.1, 0.15) is 18.5 Å². The fourth-order valence-corrected chi connectivity index (χ4v) is 8.13. The van der Waals surface area contributed by atoms with Gasteiger partial charge in [-0.05, 0) is 61.4 Å². The number of hydrogen-bond acceptors (Lipinski definition) is 11. The molecule has 1 aromatic heterocycles. The number of carbonyl (C=O) groups excluding carboxylic acids is 1. The van der Waals surface area contributed by atoms with E-state index in [2.05, 4.69) is 10.3 Å². The van der Waals surface area contributed by atoms with Crippen LogP contribution in [-0.4, -0.2) is 78.8 Å². The van der Waals surface area contributed by atoms with Gasteiger partial charge < -0.3 is 34.5 Å². The van der Waals surface area contributed by atoms with Crippen molar-refractivity contribution in [1.29, 1.82) is 0 Å². The minimum absolute atomic E-state index is 0.0104. The Kier molecular flexibility index (Phi) is 11.3. The Morgan fingerprint density at radius 2 is 1.87 bits per heavy atom. The number of nitrogens with one attached hydrogen (secondary N) is 1. The molecule has 5 rings (SSSR count). The summed E-state index contributed by atoms with van der Waals surface area (Å²) in [6, 6.07) is 10.5. The summed E-state index contributed by atoms with van der Waals surface area (Å²) in [4.78, 5) is 17.6. The molecular formula is C33H43N3O9S2. The highest BCUT2D eigenvalue weighted by molar-refractivity contribution is 7.89. The van der Waals surface area contributed by atoms with E-state index in [1.54, 1.807) is 11.3 Å². The van der Waals surface area contributed by atoms with Gasteiger partial charge in [-0.1, -0.05) is 32.9 Å². The molecule has 2 aliphatic heterocycles. The summed E-state index contributed by atoms with van der Waals surface area (Å²) >= 11 is 1.57. The van der Waals surface area contributed by atoms with Gasteiger partial charge in [0.2, 0.25) is 10.0 Å². The third kappa shape index (κ3) is 8.93. The van der Waals surface area contributed by atoms with E-state index in [1.165, 1.54) is 10.4 Å². The van der Waals surface area contributed by atoms with Crippen molar-refractivity contribution in [3.05, 3.63) is 64.1 Å². The van der Waals surface area contributed by atoms with Crippen LogP contribution in [0.5, 0.6) is 17.2 Å². The number of ether oxygens (including phenoxy) is 4. The SMILES string of the molecule is Cc1nc(COc2ccc(C[C@H](NC(=O)O[C@H]3CO[C@H]4OCC[C@H]43)C(C)CN(CC(C)C)S(=O)(=O)c3ccc(O)c(O)c3)cc2)cs1. The second-order valence-corrected chi connectivity index (χ2v) is 15.6.